The van der Waals surface area contributed by atoms with Gasteiger partial charge in [0.1, 0.15) is 18.3 Å². The lowest BCUT2D eigenvalue weighted by molar-refractivity contribution is -0.117. The molecule has 4 aromatic rings. The van der Waals surface area contributed by atoms with Crippen molar-refractivity contribution in [3.8, 4) is 5.69 Å². The zero-order chi connectivity index (χ0) is 22.0. The van der Waals surface area contributed by atoms with E-state index in [1.54, 1.807) is 28.9 Å². The summed E-state index contributed by atoms with van der Waals surface area (Å²) in [5, 5.41) is 10.0. The lowest BCUT2D eigenvalue weighted by Crippen LogP contribution is -2.27. The summed E-state index contributed by atoms with van der Waals surface area (Å²) in [6.07, 6.45) is 2.81. The second-order valence-electron chi connectivity index (χ2n) is 7.06. The van der Waals surface area contributed by atoms with Crippen LogP contribution in [0.15, 0.2) is 65.8 Å². The summed E-state index contributed by atoms with van der Waals surface area (Å²) in [5.41, 5.74) is 3.10. The molecule has 31 heavy (non-hydrogen) atoms. The largest absolute Gasteiger partial charge is 0.326 e. The van der Waals surface area contributed by atoms with Gasteiger partial charge in [0.2, 0.25) is 11.8 Å². The number of hydrogen-bond acceptors (Lipinski definition) is 5. The Morgan fingerprint density at radius 1 is 1.00 bits per heavy atom. The van der Waals surface area contributed by atoms with E-state index in [1.165, 1.54) is 24.0 Å². The zero-order valence-electron chi connectivity index (χ0n) is 17.0. The van der Waals surface area contributed by atoms with Gasteiger partial charge in [-0.1, -0.05) is 18.2 Å². The number of hydrogen-bond donors (Lipinski definition) is 2. The van der Waals surface area contributed by atoms with Crippen molar-refractivity contribution in [2.24, 2.45) is 0 Å². The SMILES string of the molecule is CC(=O)Nc1ccc(NC(=O)Cn2cnc3c(cnn3-c3ccccc3C)c2=O)cc1. The molecule has 9 heteroatoms. The molecule has 0 aliphatic carbocycles. The summed E-state index contributed by atoms with van der Waals surface area (Å²) in [6, 6.07) is 14.4. The highest BCUT2D eigenvalue weighted by Crippen LogP contribution is 2.17. The van der Waals surface area contributed by atoms with Crippen LogP contribution < -0.4 is 16.2 Å². The molecule has 0 spiro atoms. The third-order valence-electron chi connectivity index (χ3n) is 4.70. The molecule has 0 atom stereocenters. The van der Waals surface area contributed by atoms with E-state index in [2.05, 4.69) is 20.7 Å². The van der Waals surface area contributed by atoms with Crippen LogP contribution in [0.3, 0.4) is 0 Å². The van der Waals surface area contributed by atoms with E-state index in [9.17, 15) is 14.4 Å². The molecule has 0 radical (unpaired) electrons. The van der Waals surface area contributed by atoms with Gasteiger partial charge in [-0.2, -0.15) is 5.10 Å². The summed E-state index contributed by atoms with van der Waals surface area (Å²) in [7, 11) is 0. The molecular formula is C22H20N6O3. The van der Waals surface area contributed by atoms with Crippen LogP contribution in [-0.2, 0) is 16.1 Å². The fourth-order valence-corrected chi connectivity index (χ4v) is 3.23. The van der Waals surface area contributed by atoms with E-state index in [0.717, 1.165) is 11.3 Å². The second kappa shape index (κ2) is 8.23. The molecule has 0 unspecified atom stereocenters. The van der Waals surface area contributed by atoms with Crippen molar-refractivity contribution in [1.29, 1.82) is 0 Å². The van der Waals surface area contributed by atoms with E-state index in [1.807, 2.05) is 31.2 Å². The Bertz CT molecular complexity index is 1340. The van der Waals surface area contributed by atoms with E-state index in [-0.39, 0.29) is 23.9 Å². The minimum Gasteiger partial charge on any atom is -0.326 e. The van der Waals surface area contributed by atoms with Gasteiger partial charge in [-0.3, -0.25) is 19.0 Å². The summed E-state index contributed by atoms with van der Waals surface area (Å²) in [5.74, 6) is -0.549. The van der Waals surface area contributed by atoms with Gasteiger partial charge in [0.25, 0.3) is 5.56 Å². The Kier molecular flexibility index (Phi) is 5.31. The Morgan fingerprint density at radius 3 is 2.35 bits per heavy atom. The van der Waals surface area contributed by atoms with E-state index >= 15 is 0 Å². The molecule has 0 bridgehead atoms. The number of amides is 2. The van der Waals surface area contributed by atoms with Gasteiger partial charge in [0.15, 0.2) is 5.65 Å². The van der Waals surface area contributed by atoms with Crippen molar-refractivity contribution < 1.29 is 9.59 Å². The molecule has 2 heterocycles. The maximum atomic E-state index is 12.8. The van der Waals surface area contributed by atoms with Gasteiger partial charge >= 0.3 is 0 Å². The smallest absolute Gasteiger partial charge is 0.264 e. The highest BCUT2D eigenvalue weighted by Gasteiger charge is 2.14. The lowest BCUT2D eigenvalue weighted by atomic mass is 10.2. The van der Waals surface area contributed by atoms with Crippen molar-refractivity contribution in [2.75, 3.05) is 10.6 Å². The molecule has 0 fully saturated rings. The van der Waals surface area contributed by atoms with Crippen molar-refractivity contribution in [3.63, 3.8) is 0 Å². The summed E-state index contributed by atoms with van der Waals surface area (Å²) in [4.78, 5) is 40.7. The standard InChI is InChI=1S/C22H20N6O3/c1-14-5-3-4-6-19(14)28-21-18(11-24-28)22(31)27(13-23-21)12-20(30)26-17-9-7-16(8-10-17)25-15(2)29/h3-11,13H,12H2,1-2H3,(H,25,29)(H,26,30). The molecule has 2 aromatic carbocycles. The Labute approximate surface area is 177 Å². The number of fused-ring (bicyclic) bond motifs is 1. The number of benzene rings is 2. The van der Waals surface area contributed by atoms with E-state index in [0.29, 0.717) is 22.4 Å². The Balaban J connectivity index is 1.53. The fraction of sp³-hybridized carbons (Fsp3) is 0.136. The number of aromatic nitrogens is 4. The van der Waals surface area contributed by atoms with E-state index in [4.69, 9.17) is 0 Å². The maximum absolute atomic E-state index is 12.8. The van der Waals surface area contributed by atoms with Crippen LogP contribution in [0.4, 0.5) is 11.4 Å². The molecule has 0 aliphatic heterocycles. The first kappa shape index (κ1) is 20.0. The first-order valence-corrected chi connectivity index (χ1v) is 9.59. The number of rotatable bonds is 5. The predicted octanol–water partition coefficient (Wildman–Crippen LogP) is 2.49. The first-order chi connectivity index (χ1) is 14.9. The van der Waals surface area contributed by atoms with Crippen molar-refractivity contribution >= 4 is 34.2 Å². The van der Waals surface area contributed by atoms with Crippen molar-refractivity contribution in [2.45, 2.75) is 20.4 Å². The highest BCUT2D eigenvalue weighted by atomic mass is 16.2. The number of nitrogens with one attached hydrogen (secondary N) is 2. The number of nitrogens with zero attached hydrogens (tertiary/aromatic N) is 4. The molecule has 2 N–H and O–H groups in total. The number of para-hydroxylation sites is 1. The molecule has 0 aliphatic rings. The van der Waals surface area contributed by atoms with Crippen LogP contribution in [0, 0.1) is 6.92 Å². The maximum Gasteiger partial charge on any atom is 0.264 e. The van der Waals surface area contributed by atoms with Crippen LogP contribution in [-0.4, -0.2) is 31.1 Å². The van der Waals surface area contributed by atoms with Crippen LogP contribution in [0.5, 0.6) is 0 Å². The van der Waals surface area contributed by atoms with Gasteiger partial charge in [-0.25, -0.2) is 9.67 Å². The Morgan fingerprint density at radius 2 is 1.68 bits per heavy atom. The number of carbonyl (C=O) groups excluding carboxylic acids is 2. The molecule has 0 saturated heterocycles. The average molecular weight is 416 g/mol. The average Bonchev–Trinajstić information content (AvgIpc) is 3.16. The predicted molar refractivity (Wildman–Crippen MR) is 117 cm³/mol. The minimum absolute atomic E-state index is 0.176. The third kappa shape index (κ3) is 4.20. The van der Waals surface area contributed by atoms with Crippen LogP contribution in [0.2, 0.25) is 0 Å². The van der Waals surface area contributed by atoms with Gasteiger partial charge in [0.05, 0.1) is 11.9 Å². The number of aryl methyl sites for hydroxylation is 1. The fourth-order valence-electron chi connectivity index (χ4n) is 3.23. The molecule has 9 nitrogen and oxygen atoms in total. The van der Waals surface area contributed by atoms with E-state index < -0.39 is 0 Å². The van der Waals surface area contributed by atoms with Crippen molar-refractivity contribution in [1.82, 2.24) is 19.3 Å². The number of anilines is 2. The molecule has 4 rings (SSSR count). The molecular weight excluding hydrogens is 396 g/mol. The van der Waals surface area contributed by atoms with Crippen LogP contribution in [0.1, 0.15) is 12.5 Å². The normalized spacial score (nSPS) is 10.8. The molecule has 2 aromatic heterocycles. The summed E-state index contributed by atoms with van der Waals surface area (Å²) in [6.45, 7) is 3.19. The lowest BCUT2D eigenvalue weighted by Gasteiger charge is -2.09. The zero-order valence-corrected chi connectivity index (χ0v) is 17.0. The minimum atomic E-state index is -0.373. The topological polar surface area (TPSA) is 111 Å². The number of carbonyl (C=O) groups is 2. The van der Waals surface area contributed by atoms with Crippen molar-refractivity contribution in [3.05, 3.63) is 77.0 Å². The van der Waals surface area contributed by atoms with Gasteiger partial charge in [0, 0.05) is 18.3 Å². The molecule has 2 amide bonds. The summed E-state index contributed by atoms with van der Waals surface area (Å²) >= 11 is 0. The van der Waals surface area contributed by atoms with Gasteiger partial charge in [-0.15, -0.1) is 0 Å². The van der Waals surface area contributed by atoms with Crippen LogP contribution >= 0.6 is 0 Å². The quantitative estimate of drug-likeness (QED) is 0.519. The van der Waals surface area contributed by atoms with Gasteiger partial charge in [-0.05, 0) is 42.8 Å². The molecule has 0 saturated carbocycles. The third-order valence-corrected chi connectivity index (χ3v) is 4.70. The second-order valence-corrected chi connectivity index (χ2v) is 7.06. The molecule has 156 valence electrons. The Hall–Kier alpha value is -4.27. The summed E-state index contributed by atoms with van der Waals surface area (Å²) < 4.78 is 2.86. The highest BCUT2D eigenvalue weighted by molar-refractivity contribution is 5.92. The monoisotopic (exact) mass is 416 g/mol. The van der Waals surface area contributed by atoms with Crippen LogP contribution in [0.25, 0.3) is 16.7 Å². The first-order valence-electron chi connectivity index (χ1n) is 9.59. The van der Waals surface area contributed by atoms with Gasteiger partial charge < -0.3 is 10.6 Å².